The Morgan fingerprint density at radius 3 is 2.31 bits per heavy atom. The lowest BCUT2D eigenvalue weighted by Crippen LogP contribution is -2.08. The number of benzene rings is 3. The van der Waals surface area contributed by atoms with Crippen molar-refractivity contribution >= 4 is 22.7 Å². The van der Waals surface area contributed by atoms with Crippen LogP contribution in [0.2, 0.25) is 0 Å². The van der Waals surface area contributed by atoms with E-state index in [9.17, 15) is 9.59 Å². The predicted molar refractivity (Wildman–Crippen MR) is 157 cm³/mol. The lowest BCUT2D eigenvalue weighted by molar-refractivity contribution is -0.137. The van der Waals surface area contributed by atoms with Crippen LogP contribution in [0, 0.1) is 5.92 Å². The molecule has 39 heavy (non-hydrogen) atoms. The van der Waals surface area contributed by atoms with Crippen LogP contribution in [0.25, 0.3) is 10.9 Å². The van der Waals surface area contributed by atoms with E-state index in [-0.39, 0.29) is 18.3 Å². The number of ether oxygens (including phenoxy) is 1. The quantitative estimate of drug-likeness (QED) is 0.168. The fourth-order valence-corrected chi connectivity index (χ4v) is 5.04. The van der Waals surface area contributed by atoms with Crippen LogP contribution in [0.3, 0.4) is 0 Å². The summed E-state index contributed by atoms with van der Waals surface area (Å²) in [5, 5.41) is 9.87. The topological polar surface area (TPSA) is 68.5 Å². The zero-order valence-corrected chi connectivity index (χ0v) is 23.2. The summed E-state index contributed by atoms with van der Waals surface area (Å²) in [5.74, 6) is 0.496. The molecule has 0 bridgehead atoms. The van der Waals surface area contributed by atoms with Gasteiger partial charge < -0.3 is 14.4 Å². The maximum absolute atomic E-state index is 13.5. The first-order chi connectivity index (χ1) is 18.9. The molecule has 0 fully saturated rings. The number of para-hydroxylation sites is 1. The fourth-order valence-electron chi connectivity index (χ4n) is 5.04. The second kappa shape index (κ2) is 13.3. The molecule has 0 radical (unpaired) electrons. The highest BCUT2D eigenvalue weighted by Gasteiger charge is 2.18. The Morgan fingerprint density at radius 2 is 1.64 bits per heavy atom. The standard InChI is InChI=1S/C34H39NO4/c1-4-5-11-32(26-15-13-25(14-16-26)22-24(2)3)39-28-19-17-27(18-20-28)34(38)30-23-35(21-8-12-33(36)37)31-10-7-6-9-29(30)31/h6-7,9-10,13-20,23-24,32H,4-5,8,11-12,21-22H2,1-3H3,(H,36,37)/t32-/m0/s1. The molecule has 0 aliphatic heterocycles. The Labute approximate surface area is 231 Å². The van der Waals surface area contributed by atoms with Gasteiger partial charge in [-0.1, -0.05) is 69.7 Å². The summed E-state index contributed by atoms with van der Waals surface area (Å²) in [6.07, 6.45) is 6.59. The summed E-state index contributed by atoms with van der Waals surface area (Å²) >= 11 is 0. The van der Waals surface area contributed by atoms with E-state index in [1.807, 2.05) is 59.3 Å². The van der Waals surface area contributed by atoms with Gasteiger partial charge in [-0.25, -0.2) is 0 Å². The van der Waals surface area contributed by atoms with Gasteiger partial charge in [0.1, 0.15) is 11.9 Å². The zero-order chi connectivity index (χ0) is 27.8. The van der Waals surface area contributed by atoms with E-state index in [2.05, 4.69) is 45.0 Å². The highest BCUT2D eigenvalue weighted by Crippen LogP contribution is 2.29. The molecule has 0 amide bonds. The summed E-state index contributed by atoms with van der Waals surface area (Å²) < 4.78 is 8.42. The highest BCUT2D eigenvalue weighted by atomic mass is 16.5. The van der Waals surface area contributed by atoms with Crippen molar-refractivity contribution in [2.75, 3.05) is 0 Å². The van der Waals surface area contributed by atoms with Gasteiger partial charge in [0.2, 0.25) is 0 Å². The third-order valence-corrected chi connectivity index (χ3v) is 7.03. The normalized spacial score (nSPS) is 12.1. The monoisotopic (exact) mass is 525 g/mol. The summed E-state index contributed by atoms with van der Waals surface area (Å²) in [6.45, 7) is 7.20. The molecular weight excluding hydrogens is 486 g/mol. The van der Waals surface area contributed by atoms with E-state index in [4.69, 9.17) is 9.84 Å². The number of aliphatic carboxylic acids is 1. The second-order valence-corrected chi connectivity index (χ2v) is 10.7. The van der Waals surface area contributed by atoms with Crippen LogP contribution in [-0.4, -0.2) is 21.4 Å². The van der Waals surface area contributed by atoms with Crippen LogP contribution >= 0.6 is 0 Å². The average molecular weight is 526 g/mol. The first-order valence-electron chi connectivity index (χ1n) is 14.1. The number of carboxylic acid groups (broad SMARTS) is 1. The Balaban J connectivity index is 1.51. The van der Waals surface area contributed by atoms with Crippen LogP contribution < -0.4 is 4.74 Å². The van der Waals surface area contributed by atoms with Crippen molar-refractivity contribution in [2.24, 2.45) is 5.92 Å². The van der Waals surface area contributed by atoms with Crippen LogP contribution in [0.15, 0.2) is 79.0 Å². The van der Waals surface area contributed by atoms with Crippen molar-refractivity contribution in [2.45, 2.75) is 71.9 Å². The molecule has 4 aromatic rings. The number of carbonyl (C=O) groups is 2. The highest BCUT2D eigenvalue weighted by molar-refractivity contribution is 6.16. The van der Waals surface area contributed by atoms with Crippen molar-refractivity contribution < 1.29 is 19.4 Å². The lowest BCUT2D eigenvalue weighted by Gasteiger charge is -2.20. The van der Waals surface area contributed by atoms with Gasteiger partial charge in [-0.05, 0) is 73.1 Å². The maximum atomic E-state index is 13.5. The fraction of sp³-hybridized carbons (Fsp3) is 0.353. The first kappa shape index (κ1) is 28.2. The number of rotatable bonds is 14. The van der Waals surface area contributed by atoms with Gasteiger partial charge in [0.15, 0.2) is 5.78 Å². The Hall–Kier alpha value is -3.86. The van der Waals surface area contributed by atoms with E-state index in [1.165, 1.54) is 11.1 Å². The minimum atomic E-state index is -0.815. The number of nitrogens with zero attached hydrogens (tertiary/aromatic N) is 1. The predicted octanol–water partition coefficient (Wildman–Crippen LogP) is 8.25. The summed E-state index contributed by atoms with van der Waals surface area (Å²) in [4.78, 5) is 24.5. The number of hydrogen-bond donors (Lipinski definition) is 1. The number of hydrogen-bond acceptors (Lipinski definition) is 3. The number of ketones is 1. The number of aromatic nitrogens is 1. The van der Waals surface area contributed by atoms with Gasteiger partial charge in [0.05, 0.1) is 0 Å². The van der Waals surface area contributed by atoms with Crippen molar-refractivity contribution in [3.05, 3.63) is 101 Å². The van der Waals surface area contributed by atoms with Crippen LogP contribution in [0.1, 0.15) is 86.0 Å². The molecule has 3 aromatic carbocycles. The maximum Gasteiger partial charge on any atom is 0.303 e. The molecule has 0 aliphatic rings. The molecule has 1 N–H and O–H groups in total. The Morgan fingerprint density at radius 1 is 0.923 bits per heavy atom. The zero-order valence-electron chi connectivity index (χ0n) is 23.2. The van der Waals surface area contributed by atoms with Gasteiger partial charge in [-0.2, -0.15) is 0 Å². The van der Waals surface area contributed by atoms with E-state index < -0.39 is 5.97 Å². The van der Waals surface area contributed by atoms with Crippen LogP contribution in [-0.2, 0) is 17.8 Å². The number of unbranched alkanes of at least 4 members (excludes halogenated alkanes) is 1. The molecule has 1 aromatic heterocycles. The molecule has 1 heterocycles. The molecule has 0 unspecified atom stereocenters. The molecule has 204 valence electrons. The van der Waals surface area contributed by atoms with E-state index in [0.29, 0.717) is 30.0 Å². The molecule has 4 rings (SSSR count). The number of fused-ring (bicyclic) bond motifs is 1. The molecule has 1 atom stereocenters. The number of carbonyl (C=O) groups excluding carboxylic acids is 1. The Kier molecular flexibility index (Phi) is 9.59. The van der Waals surface area contributed by atoms with Crippen LogP contribution in [0.5, 0.6) is 5.75 Å². The lowest BCUT2D eigenvalue weighted by atomic mass is 9.98. The summed E-state index contributed by atoms with van der Waals surface area (Å²) in [5.41, 5.74) is 4.67. The van der Waals surface area contributed by atoms with Gasteiger partial charge >= 0.3 is 5.97 Å². The van der Waals surface area contributed by atoms with Gasteiger partial charge in [0, 0.05) is 41.2 Å². The van der Waals surface area contributed by atoms with Gasteiger partial charge in [-0.15, -0.1) is 0 Å². The van der Waals surface area contributed by atoms with E-state index in [1.54, 1.807) is 0 Å². The Bertz CT molecular complexity index is 1380. The molecular formula is C34H39NO4. The SMILES string of the molecule is CCCC[C@H](Oc1ccc(C(=O)c2cn(CCCC(=O)O)c3ccccc23)cc1)c1ccc(CC(C)C)cc1. The van der Waals surface area contributed by atoms with Crippen molar-refractivity contribution in [3.8, 4) is 5.75 Å². The van der Waals surface area contributed by atoms with Gasteiger partial charge in [-0.3, -0.25) is 9.59 Å². The molecule has 0 saturated heterocycles. The van der Waals surface area contributed by atoms with Crippen molar-refractivity contribution in [1.29, 1.82) is 0 Å². The number of carboxylic acids is 1. The molecule has 0 saturated carbocycles. The minimum Gasteiger partial charge on any atom is -0.486 e. The molecule has 0 aliphatic carbocycles. The third-order valence-electron chi connectivity index (χ3n) is 7.03. The van der Waals surface area contributed by atoms with Crippen molar-refractivity contribution in [3.63, 3.8) is 0 Å². The molecule has 5 nitrogen and oxygen atoms in total. The third kappa shape index (κ3) is 7.38. The van der Waals surface area contributed by atoms with Crippen molar-refractivity contribution in [1.82, 2.24) is 4.57 Å². The number of aryl methyl sites for hydroxylation is 1. The second-order valence-electron chi connectivity index (χ2n) is 10.7. The minimum absolute atomic E-state index is 0.0385. The van der Waals surface area contributed by atoms with Crippen LogP contribution in [0.4, 0.5) is 0 Å². The summed E-state index contributed by atoms with van der Waals surface area (Å²) in [7, 11) is 0. The average Bonchev–Trinajstić information content (AvgIpc) is 3.29. The molecule has 5 heteroatoms. The van der Waals surface area contributed by atoms with Gasteiger partial charge in [0.25, 0.3) is 0 Å². The first-order valence-corrected chi connectivity index (χ1v) is 14.1. The smallest absolute Gasteiger partial charge is 0.303 e. The summed E-state index contributed by atoms with van der Waals surface area (Å²) in [6, 6.07) is 24.0. The molecule has 0 spiro atoms. The largest absolute Gasteiger partial charge is 0.486 e. The van der Waals surface area contributed by atoms with E-state index in [0.717, 1.165) is 42.3 Å². The van der Waals surface area contributed by atoms with E-state index >= 15 is 0 Å².